The van der Waals surface area contributed by atoms with E-state index in [0.717, 1.165) is 0 Å². The maximum absolute atomic E-state index is 13.0. The molecule has 0 radical (unpaired) electrons. The molecule has 25 heavy (non-hydrogen) atoms. The Hall–Kier alpha value is -3.42. The topological polar surface area (TPSA) is 109 Å². The third kappa shape index (κ3) is 2.67. The molecule has 8 heteroatoms. The molecule has 0 fully saturated rings. The van der Waals surface area contributed by atoms with Crippen molar-refractivity contribution >= 4 is 22.7 Å². The van der Waals surface area contributed by atoms with Crippen LogP contribution >= 0.6 is 0 Å². The summed E-state index contributed by atoms with van der Waals surface area (Å²) in [6.07, 6.45) is 1.46. The van der Waals surface area contributed by atoms with Crippen molar-refractivity contribution in [1.82, 2.24) is 14.5 Å². The highest BCUT2D eigenvalue weighted by molar-refractivity contribution is 6.03. The van der Waals surface area contributed by atoms with Gasteiger partial charge in [0, 0.05) is 17.1 Å². The number of fused-ring (bicyclic) bond motifs is 1. The van der Waals surface area contributed by atoms with Gasteiger partial charge in [-0.15, -0.1) is 0 Å². The van der Waals surface area contributed by atoms with Gasteiger partial charge in [-0.2, -0.15) is 0 Å². The van der Waals surface area contributed by atoms with E-state index in [1.165, 1.54) is 25.0 Å². The summed E-state index contributed by atoms with van der Waals surface area (Å²) in [7, 11) is 2.69. The van der Waals surface area contributed by atoms with Crippen LogP contribution in [0.2, 0.25) is 0 Å². The fourth-order valence-corrected chi connectivity index (χ4v) is 2.55. The Labute approximate surface area is 142 Å². The molecule has 0 atom stereocenters. The van der Waals surface area contributed by atoms with E-state index in [1.54, 1.807) is 31.2 Å². The molecule has 0 amide bonds. The summed E-state index contributed by atoms with van der Waals surface area (Å²) in [6, 6.07) is 6.72. The number of ether oxygens (including phenoxy) is 2. The van der Waals surface area contributed by atoms with Crippen LogP contribution in [0.1, 0.15) is 16.1 Å². The summed E-state index contributed by atoms with van der Waals surface area (Å²) in [4.78, 5) is 33.5. The second-order valence-corrected chi connectivity index (χ2v) is 5.30. The molecule has 0 saturated carbocycles. The van der Waals surface area contributed by atoms with Crippen molar-refractivity contribution in [3.05, 3.63) is 52.1 Å². The van der Waals surface area contributed by atoms with Crippen LogP contribution in [0, 0.1) is 6.92 Å². The zero-order valence-corrected chi connectivity index (χ0v) is 13.9. The smallest absolute Gasteiger partial charge is 0.345 e. The SMILES string of the molecule is COC(=O)c1c(N)c2ccc(C)nc2n(-c2ccc(OC)nc2)c1=O. The molecule has 0 spiro atoms. The van der Waals surface area contributed by atoms with Crippen LogP contribution in [-0.4, -0.2) is 34.7 Å². The quantitative estimate of drug-likeness (QED) is 0.719. The number of nitrogens with two attached hydrogens (primary N) is 1. The van der Waals surface area contributed by atoms with Crippen LogP contribution in [0.3, 0.4) is 0 Å². The van der Waals surface area contributed by atoms with E-state index >= 15 is 0 Å². The number of aromatic nitrogens is 3. The van der Waals surface area contributed by atoms with E-state index in [9.17, 15) is 9.59 Å². The molecular weight excluding hydrogens is 324 g/mol. The van der Waals surface area contributed by atoms with E-state index in [4.69, 9.17) is 15.2 Å². The predicted molar refractivity (Wildman–Crippen MR) is 92.2 cm³/mol. The summed E-state index contributed by atoms with van der Waals surface area (Å²) in [6.45, 7) is 1.80. The lowest BCUT2D eigenvalue weighted by molar-refractivity contribution is 0.0600. The number of rotatable bonds is 3. The Kier molecular flexibility index (Phi) is 4.10. The molecule has 3 rings (SSSR count). The van der Waals surface area contributed by atoms with Crippen LogP contribution in [0.25, 0.3) is 16.7 Å². The number of esters is 1. The Morgan fingerprint density at radius 3 is 2.56 bits per heavy atom. The number of aryl methyl sites for hydroxylation is 1. The molecule has 0 aliphatic rings. The summed E-state index contributed by atoms with van der Waals surface area (Å²) in [5.74, 6) is -0.408. The lowest BCUT2D eigenvalue weighted by Gasteiger charge is -2.14. The number of nitrogens with zero attached hydrogens (tertiary/aromatic N) is 3. The fourth-order valence-electron chi connectivity index (χ4n) is 2.55. The maximum Gasteiger partial charge on any atom is 0.345 e. The minimum absolute atomic E-state index is 0.0390. The van der Waals surface area contributed by atoms with Gasteiger partial charge < -0.3 is 15.2 Å². The van der Waals surface area contributed by atoms with Crippen LogP contribution in [0.5, 0.6) is 5.88 Å². The van der Waals surface area contributed by atoms with Gasteiger partial charge in [-0.05, 0) is 25.1 Å². The molecule has 3 heterocycles. The molecule has 3 aromatic heterocycles. The van der Waals surface area contributed by atoms with Crippen molar-refractivity contribution in [3.8, 4) is 11.6 Å². The normalized spacial score (nSPS) is 10.7. The lowest BCUT2D eigenvalue weighted by Crippen LogP contribution is -2.28. The Balaban J connectivity index is 2.44. The molecular formula is C17H16N4O4. The third-order valence-electron chi connectivity index (χ3n) is 3.78. The average molecular weight is 340 g/mol. The van der Waals surface area contributed by atoms with Crippen molar-refractivity contribution < 1.29 is 14.3 Å². The zero-order chi connectivity index (χ0) is 18.1. The van der Waals surface area contributed by atoms with Gasteiger partial charge in [0.2, 0.25) is 5.88 Å². The number of carbonyl (C=O) groups excluding carboxylic acids is 1. The first-order chi connectivity index (χ1) is 12.0. The molecule has 3 aromatic rings. The zero-order valence-electron chi connectivity index (χ0n) is 13.9. The molecule has 0 aliphatic heterocycles. The van der Waals surface area contributed by atoms with Gasteiger partial charge in [-0.3, -0.25) is 9.36 Å². The standard InChI is InChI=1S/C17H16N4O4/c1-9-4-6-11-14(18)13(17(23)25-3)16(22)21(15(11)20-9)10-5-7-12(24-2)19-8-10/h4-8H,18H2,1-3H3. The van der Waals surface area contributed by atoms with Gasteiger partial charge in [-0.1, -0.05) is 0 Å². The molecule has 2 N–H and O–H groups in total. The molecule has 8 nitrogen and oxygen atoms in total. The number of pyridine rings is 3. The average Bonchev–Trinajstić information content (AvgIpc) is 2.62. The highest BCUT2D eigenvalue weighted by atomic mass is 16.5. The van der Waals surface area contributed by atoms with Gasteiger partial charge in [-0.25, -0.2) is 14.8 Å². The largest absolute Gasteiger partial charge is 0.481 e. The van der Waals surface area contributed by atoms with Gasteiger partial charge in [0.25, 0.3) is 5.56 Å². The van der Waals surface area contributed by atoms with Crippen LogP contribution < -0.4 is 16.0 Å². The minimum atomic E-state index is -0.805. The highest BCUT2D eigenvalue weighted by Gasteiger charge is 2.23. The molecule has 128 valence electrons. The van der Waals surface area contributed by atoms with Gasteiger partial charge >= 0.3 is 5.97 Å². The Morgan fingerprint density at radius 1 is 1.20 bits per heavy atom. The number of carbonyl (C=O) groups is 1. The van der Waals surface area contributed by atoms with Gasteiger partial charge in [0.1, 0.15) is 11.2 Å². The molecule has 0 aliphatic carbocycles. The van der Waals surface area contributed by atoms with Crippen molar-refractivity contribution in [2.75, 3.05) is 20.0 Å². The summed E-state index contributed by atoms with van der Waals surface area (Å²) in [5, 5.41) is 0.474. The van der Waals surface area contributed by atoms with Crippen molar-refractivity contribution in [3.63, 3.8) is 0 Å². The molecule has 0 aromatic carbocycles. The lowest BCUT2D eigenvalue weighted by atomic mass is 10.1. The monoisotopic (exact) mass is 340 g/mol. The highest BCUT2D eigenvalue weighted by Crippen LogP contribution is 2.24. The number of hydrogen-bond acceptors (Lipinski definition) is 7. The second-order valence-electron chi connectivity index (χ2n) is 5.30. The Morgan fingerprint density at radius 2 is 1.96 bits per heavy atom. The van der Waals surface area contributed by atoms with E-state index in [-0.39, 0.29) is 11.3 Å². The van der Waals surface area contributed by atoms with E-state index < -0.39 is 11.5 Å². The van der Waals surface area contributed by atoms with Crippen LogP contribution in [0.15, 0.2) is 35.3 Å². The minimum Gasteiger partial charge on any atom is -0.481 e. The first-order valence-corrected chi connectivity index (χ1v) is 7.38. The number of methoxy groups -OCH3 is 2. The van der Waals surface area contributed by atoms with Crippen molar-refractivity contribution in [1.29, 1.82) is 0 Å². The number of anilines is 1. The van der Waals surface area contributed by atoms with Gasteiger partial charge in [0.05, 0.1) is 31.8 Å². The van der Waals surface area contributed by atoms with Crippen LogP contribution in [0.4, 0.5) is 5.69 Å². The van der Waals surface area contributed by atoms with Crippen LogP contribution in [-0.2, 0) is 4.74 Å². The maximum atomic E-state index is 13.0. The summed E-state index contributed by atoms with van der Waals surface area (Å²) in [5.41, 5.74) is 6.69. The predicted octanol–water partition coefficient (Wildman–Crippen LogP) is 1.47. The summed E-state index contributed by atoms with van der Waals surface area (Å²) < 4.78 is 11.0. The first kappa shape index (κ1) is 16.4. The first-order valence-electron chi connectivity index (χ1n) is 7.38. The third-order valence-corrected chi connectivity index (χ3v) is 3.78. The summed E-state index contributed by atoms with van der Waals surface area (Å²) >= 11 is 0. The van der Waals surface area contributed by atoms with E-state index in [2.05, 4.69) is 9.97 Å². The van der Waals surface area contributed by atoms with Crippen molar-refractivity contribution in [2.24, 2.45) is 0 Å². The van der Waals surface area contributed by atoms with E-state index in [0.29, 0.717) is 28.3 Å². The second kappa shape index (κ2) is 6.23. The fraction of sp³-hybridized carbons (Fsp3) is 0.176. The number of nitrogen functional groups attached to an aromatic ring is 1. The van der Waals surface area contributed by atoms with Gasteiger partial charge in [0.15, 0.2) is 0 Å². The molecule has 0 saturated heterocycles. The molecule has 0 unspecified atom stereocenters. The van der Waals surface area contributed by atoms with E-state index in [1.807, 2.05) is 0 Å². The molecule has 0 bridgehead atoms. The Bertz CT molecular complexity index is 1030. The van der Waals surface area contributed by atoms with Crippen molar-refractivity contribution in [2.45, 2.75) is 6.92 Å². The number of hydrogen-bond donors (Lipinski definition) is 1.